The zero-order chi connectivity index (χ0) is 16.2. The molecule has 0 atom stereocenters. The molecule has 0 fully saturated rings. The van der Waals surface area contributed by atoms with Gasteiger partial charge < -0.3 is 19.3 Å². The Labute approximate surface area is 131 Å². The molecule has 21 heavy (non-hydrogen) atoms. The van der Waals surface area contributed by atoms with E-state index in [1.807, 2.05) is 0 Å². The third-order valence-corrected chi connectivity index (χ3v) is 8.18. The maximum absolute atomic E-state index is 8.51. The molecule has 0 saturated carbocycles. The third-order valence-electron chi connectivity index (χ3n) is 3.63. The van der Waals surface area contributed by atoms with E-state index in [-0.39, 0.29) is 6.61 Å². The van der Waals surface area contributed by atoms with Crippen LogP contribution in [0, 0.1) is 11.5 Å². The Bertz CT molecular complexity index is 312. The molecule has 0 unspecified atom stereocenters. The van der Waals surface area contributed by atoms with Crippen molar-refractivity contribution in [2.24, 2.45) is 0 Å². The molecule has 0 aromatic rings. The maximum atomic E-state index is 8.51. The fourth-order valence-corrected chi connectivity index (χ4v) is 2.14. The van der Waals surface area contributed by atoms with Gasteiger partial charge in [-0.15, -0.1) is 11.5 Å². The zero-order valence-corrected chi connectivity index (χ0v) is 15.3. The molecule has 0 radical (unpaired) electrons. The highest BCUT2D eigenvalue weighted by atomic mass is 28.3. The number of ether oxygens (including phenoxy) is 3. The Morgan fingerprint density at radius 3 is 1.81 bits per heavy atom. The Morgan fingerprint density at radius 2 is 1.33 bits per heavy atom. The average molecular weight is 317 g/mol. The molecular formula is C16H32O4Si. The number of hydrogen-bond donors (Lipinski definition) is 1. The smallest absolute Gasteiger partial charge is 0.137 e. The first kappa shape index (κ1) is 20.6. The lowest BCUT2D eigenvalue weighted by Crippen LogP contribution is -2.35. The molecule has 0 bridgehead atoms. The fraction of sp³-hybridized carbons (Fsp3) is 0.875. The minimum absolute atomic E-state index is 0.0546. The van der Waals surface area contributed by atoms with Crippen molar-refractivity contribution in [1.82, 2.24) is 0 Å². The van der Waals surface area contributed by atoms with Gasteiger partial charge in [0.2, 0.25) is 0 Å². The molecule has 0 spiro atoms. The summed E-state index contributed by atoms with van der Waals surface area (Å²) >= 11 is 0. The van der Waals surface area contributed by atoms with Crippen LogP contribution in [-0.4, -0.2) is 59.4 Å². The first-order chi connectivity index (χ1) is 9.81. The van der Waals surface area contributed by atoms with Crippen LogP contribution in [0.1, 0.15) is 27.2 Å². The molecule has 0 saturated heterocycles. The second-order valence-corrected chi connectivity index (χ2v) is 11.5. The molecule has 0 aliphatic heterocycles. The molecule has 1 N–H and O–H groups in total. The lowest BCUT2D eigenvalue weighted by atomic mass is 10.2. The molecule has 0 aliphatic carbocycles. The minimum Gasteiger partial charge on any atom is -0.394 e. The molecule has 0 aliphatic rings. The molecule has 0 heterocycles. The second kappa shape index (κ2) is 11.2. The van der Waals surface area contributed by atoms with Gasteiger partial charge in [0, 0.05) is 6.42 Å². The minimum atomic E-state index is -1.48. The summed E-state index contributed by atoms with van der Waals surface area (Å²) < 4.78 is 15.9. The Hall–Kier alpha value is -0.383. The lowest BCUT2D eigenvalue weighted by Gasteiger charge is -2.31. The van der Waals surface area contributed by atoms with Gasteiger partial charge in [-0.3, -0.25) is 0 Å². The Morgan fingerprint density at radius 1 is 0.857 bits per heavy atom. The van der Waals surface area contributed by atoms with E-state index in [4.69, 9.17) is 19.3 Å². The standard InChI is InChI=1S/C16H32O4Si/c1-16(2,3)21(4,5)15-7-6-9-18-11-13-20-14-12-19-10-8-17/h17H,6,8-14H2,1-5H3. The summed E-state index contributed by atoms with van der Waals surface area (Å²) in [7, 11) is -1.48. The van der Waals surface area contributed by atoms with Crippen molar-refractivity contribution in [2.75, 3.05) is 46.2 Å². The predicted molar refractivity (Wildman–Crippen MR) is 89.1 cm³/mol. The molecule has 0 aromatic heterocycles. The second-order valence-electron chi connectivity index (χ2n) is 6.49. The highest BCUT2D eigenvalue weighted by molar-refractivity contribution is 6.87. The van der Waals surface area contributed by atoms with Gasteiger partial charge in [-0.1, -0.05) is 33.9 Å². The van der Waals surface area contributed by atoms with E-state index in [0.29, 0.717) is 44.7 Å². The highest BCUT2D eigenvalue weighted by Crippen LogP contribution is 2.35. The summed E-state index contributed by atoms with van der Waals surface area (Å²) in [5.41, 5.74) is 3.47. The van der Waals surface area contributed by atoms with Gasteiger partial charge >= 0.3 is 0 Å². The van der Waals surface area contributed by atoms with E-state index in [2.05, 4.69) is 45.3 Å². The Balaban J connectivity index is 3.50. The van der Waals surface area contributed by atoms with E-state index in [0.717, 1.165) is 6.42 Å². The SMILES string of the molecule is CC(C)(C)[Si](C)(C)C#CCCOCCOCCOCCO. The third kappa shape index (κ3) is 10.9. The molecule has 124 valence electrons. The van der Waals surface area contributed by atoms with Crippen LogP contribution in [0.2, 0.25) is 18.1 Å². The van der Waals surface area contributed by atoms with E-state index < -0.39 is 8.07 Å². The normalized spacial score (nSPS) is 12.1. The van der Waals surface area contributed by atoms with E-state index in [1.54, 1.807) is 0 Å². The van der Waals surface area contributed by atoms with Crippen molar-refractivity contribution >= 4 is 8.07 Å². The summed E-state index contributed by atoms with van der Waals surface area (Å²) in [5.74, 6) is 3.26. The van der Waals surface area contributed by atoms with E-state index in [9.17, 15) is 0 Å². The van der Waals surface area contributed by atoms with Crippen LogP contribution in [0.3, 0.4) is 0 Å². The number of aliphatic hydroxyl groups excluding tert-OH is 1. The lowest BCUT2D eigenvalue weighted by molar-refractivity contribution is 0.00856. The maximum Gasteiger partial charge on any atom is 0.137 e. The summed E-state index contributed by atoms with van der Waals surface area (Å²) in [6.45, 7) is 14.7. The van der Waals surface area contributed by atoms with Gasteiger partial charge in [0.25, 0.3) is 0 Å². The number of aliphatic hydroxyl groups is 1. The van der Waals surface area contributed by atoms with Crippen LogP contribution in [0.25, 0.3) is 0 Å². The molecule has 0 amide bonds. The fourth-order valence-electron chi connectivity index (χ4n) is 1.20. The summed E-state index contributed by atoms with van der Waals surface area (Å²) in [6.07, 6.45) is 0.784. The quantitative estimate of drug-likeness (QED) is 0.382. The molecule has 5 heteroatoms. The van der Waals surface area contributed by atoms with Crippen LogP contribution in [0.15, 0.2) is 0 Å². The summed E-state index contributed by atoms with van der Waals surface area (Å²) in [5, 5.41) is 8.82. The van der Waals surface area contributed by atoms with Crippen molar-refractivity contribution in [3.05, 3.63) is 0 Å². The van der Waals surface area contributed by atoms with Crippen LogP contribution >= 0.6 is 0 Å². The summed E-state index contributed by atoms with van der Waals surface area (Å²) in [4.78, 5) is 0. The van der Waals surface area contributed by atoms with Crippen LogP contribution < -0.4 is 0 Å². The van der Waals surface area contributed by atoms with Crippen molar-refractivity contribution in [3.63, 3.8) is 0 Å². The molecule has 0 aromatic carbocycles. The highest BCUT2D eigenvalue weighted by Gasteiger charge is 2.33. The van der Waals surface area contributed by atoms with E-state index >= 15 is 0 Å². The van der Waals surface area contributed by atoms with Gasteiger partial charge in [0.1, 0.15) is 8.07 Å². The predicted octanol–water partition coefficient (Wildman–Crippen LogP) is 2.47. The van der Waals surface area contributed by atoms with Crippen molar-refractivity contribution in [3.8, 4) is 11.5 Å². The van der Waals surface area contributed by atoms with Gasteiger partial charge in [0.05, 0.1) is 46.2 Å². The average Bonchev–Trinajstić information content (AvgIpc) is 2.38. The monoisotopic (exact) mass is 316 g/mol. The van der Waals surface area contributed by atoms with Crippen molar-refractivity contribution < 1.29 is 19.3 Å². The van der Waals surface area contributed by atoms with Gasteiger partial charge in [-0.25, -0.2) is 0 Å². The van der Waals surface area contributed by atoms with Crippen LogP contribution in [0.4, 0.5) is 0 Å². The van der Waals surface area contributed by atoms with Gasteiger partial charge in [0.15, 0.2) is 0 Å². The Kier molecular flexibility index (Phi) is 11.0. The number of rotatable bonds is 10. The largest absolute Gasteiger partial charge is 0.394 e. The molecular weight excluding hydrogens is 284 g/mol. The van der Waals surface area contributed by atoms with Gasteiger partial charge in [-0.05, 0) is 5.04 Å². The first-order valence-electron chi connectivity index (χ1n) is 7.65. The molecule has 0 rings (SSSR count). The topological polar surface area (TPSA) is 47.9 Å². The first-order valence-corrected chi connectivity index (χ1v) is 10.7. The van der Waals surface area contributed by atoms with Crippen molar-refractivity contribution in [1.29, 1.82) is 0 Å². The van der Waals surface area contributed by atoms with Crippen LogP contribution in [-0.2, 0) is 14.2 Å². The number of hydrogen-bond acceptors (Lipinski definition) is 4. The molecule has 4 nitrogen and oxygen atoms in total. The van der Waals surface area contributed by atoms with Crippen LogP contribution in [0.5, 0.6) is 0 Å². The van der Waals surface area contributed by atoms with E-state index in [1.165, 1.54) is 0 Å². The zero-order valence-electron chi connectivity index (χ0n) is 14.3. The summed E-state index contributed by atoms with van der Waals surface area (Å²) in [6, 6.07) is 0. The van der Waals surface area contributed by atoms with Gasteiger partial charge in [-0.2, -0.15) is 0 Å². The van der Waals surface area contributed by atoms with Crippen molar-refractivity contribution in [2.45, 2.75) is 45.3 Å².